The predicted octanol–water partition coefficient (Wildman–Crippen LogP) is 2.35. The van der Waals surface area contributed by atoms with Gasteiger partial charge in [0, 0.05) is 32.5 Å². The molecule has 1 saturated heterocycles. The summed E-state index contributed by atoms with van der Waals surface area (Å²) in [5.41, 5.74) is 4.96. The maximum absolute atomic E-state index is 11.5. The smallest absolute Gasteiger partial charge is 0.292 e. The zero-order valence-corrected chi connectivity index (χ0v) is 17.4. The molecule has 2 amide bonds. The Balaban J connectivity index is -0.000000153. The third kappa shape index (κ3) is 27.5. The molecule has 0 aromatic heterocycles. The lowest BCUT2D eigenvalue weighted by molar-refractivity contribution is -0.133. The van der Waals surface area contributed by atoms with E-state index in [2.05, 4.69) is 25.5 Å². The van der Waals surface area contributed by atoms with Crippen molar-refractivity contribution in [1.82, 2.24) is 4.90 Å². The molecule has 0 aromatic rings. The first kappa shape index (κ1) is 31.2. The molecule has 0 unspecified atom stereocenters. The Morgan fingerprint density at radius 3 is 1.88 bits per heavy atom. The van der Waals surface area contributed by atoms with Crippen LogP contribution in [-0.4, -0.2) is 55.1 Å². The summed E-state index contributed by atoms with van der Waals surface area (Å²) in [4.78, 5) is 32.7. The molecular formula is C18H40N2O5. The van der Waals surface area contributed by atoms with E-state index in [1.54, 1.807) is 0 Å². The van der Waals surface area contributed by atoms with Crippen LogP contribution in [0.5, 0.6) is 0 Å². The average Bonchev–Trinajstić information content (AvgIpc) is 3.02. The monoisotopic (exact) mass is 364 g/mol. The van der Waals surface area contributed by atoms with Crippen LogP contribution in [0.2, 0.25) is 0 Å². The summed E-state index contributed by atoms with van der Waals surface area (Å²) in [6.45, 7) is 13.7. The van der Waals surface area contributed by atoms with Crippen LogP contribution in [0.4, 0.5) is 0 Å². The summed E-state index contributed by atoms with van der Waals surface area (Å²) in [7, 11) is 2.31. The molecule has 25 heavy (non-hydrogen) atoms. The number of nitrogens with two attached hydrogens (primary N) is 1. The fraction of sp³-hybridized carbons (Fsp3) is 0.833. The largest absolute Gasteiger partial charge is 0.471 e. The predicted molar refractivity (Wildman–Crippen MR) is 102 cm³/mol. The third-order valence-corrected chi connectivity index (χ3v) is 2.55. The van der Waals surface area contributed by atoms with Crippen LogP contribution in [0.1, 0.15) is 67.2 Å². The third-order valence-electron chi connectivity index (χ3n) is 2.55. The molecule has 1 aliphatic heterocycles. The number of aliphatic hydroxyl groups is 1. The molecule has 152 valence electrons. The molecule has 0 spiro atoms. The number of methoxy groups -OCH3 is 1. The number of carbonyl (C=O) groups excluding carboxylic acids is 3. The van der Waals surface area contributed by atoms with Crippen LogP contribution >= 0.6 is 0 Å². The van der Waals surface area contributed by atoms with E-state index >= 15 is 0 Å². The van der Waals surface area contributed by atoms with Gasteiger partial charge < -0.3 is 20.5 Å². The minimum absolute atomic E-state index is 0.0591. The van der Waals surface area contributed by atoms with Crippen molar-refractivity contribution in [3.63, 3.8) is 0 Å². The van der Waals surface area contributed by atoms with Gasteiger partial charge in [-0.1, -0.05) is 34.6 Å². The van der Waals surface area contributed by atoms with Crippen molar-refractivity contribution in [2.45, 2.75) is 73.3 Å². The van der Waals surface area contributed by atoms with Crippen molar-refractivity contribution in [3.8, 4) is 0 Å². The highest BCUT2D eigenvalue weighted by molar-refractivity contribution is 5.83. The van der Waals surface area contributed by atoms with E-state index in [4.69, 9.17) is 15.6 Å². The summed E-state index contributed by atoms with van der Waals surface area (Å²) >= 11 is 0. The number of likely N-dealkylation sites (tertiary alicyclic amines) is 1. The van der Waals surface area contributed by atoms with Gasteiger partial charge in [-0.05, 0) is 25.7 Å². The van der Waals surface area contributed by atoms with Crippen LogP contribution in [0.3, 0.4) is 0 Å². The van der Waals surface area contributed by atoms with Crippen LogP contribution < -0.4 is 5.73 Å². The lowest BCUT2D eigenvalue weighted by atomic mass is 10.2. The van der Waals surface area contributed by atoms with Crippen LogP contribution in [0.25, 0.3) is 0 Å². The number of hydrogen-bond acceptors (Lipinski definition) is 5. The number of primary amides is 1. The lowest BCUT2D eigenvalue weighted by Crippen LogP contribution is -2.34. The maximum Gasteiger partial charge on any atom is 0.292 e. The molecule has 0 aliphatic carbocycles. The standard InChI is InChI=1S/C9H16N2O2.C4H10.C2H4O2.C2H6.CH4O/c1-7-3-2-6-11(7)9(13)5-4-8(10)12;1-4(2)3;1-4-2-3;2*1-2/h7H,2-6H2,1H3,(H2,10,12);4H,1-3H3;2H,1H3;1-2H3;2H,1H3/t7-;;;;/m1..../s1. The Bertz CT molecular complexity index is 307. The summed E-state index contributed by atoms with van der Waals surface area (Å²) in [5, 5.41) is 7.00. The highest BCUT2D eigenvalue weighted by Gasteiger charge is 2.24. The number of nitrogens with zero attached hydrogens (tertiary/aromatic N) is 1. The minimum atomic E-state index is -0.403. The van der Waals surface area contributed by atoms with Crippen molar-refractivity contribution in [2.24, 2.45) is 11.7 Å². The molecule has 7 nitrogen and oxygen atoms in total. The Morgan fingerprint density at radius 1 is 1.24 bits per heavy atom. The Morgan fingerprint density at radius 2 is 1.64 bits per heavy atom. The molecule has 0 bridgehead atoms. The van der Waals surface area contributed by atoms with Crippen molar-refractivity contribution >= 4 is 18.3 Å². The second-order valence-corrected chi connectivity index (χ2v) is 5.61. The molecule has 1 heterocycles. The van der Waals surface area contributed by atoms with Crippen LogP contribution in [0, 0.1) is 5.92 Å². The zero-order valence-electron chi connectivity index (χ0n) is 17.4. The summed E-state index contributed by atoms with van der Waals surface area (Å²) in [6.07, 6.45) is 2.58. The first-order chi connectivity index (χ1) is 11.8. The second kappa shape index (κ2) is 24.6. The maximum atomic E-state index is 11.5. The van der Waals surface area contributed by atoms with Crippen molar-refractivity contribution in [3.05, 3.63) is 0 Å². The quantitative estimate of drug-likeness (QED) is 0.744. The number of rotatable bonds is 4. The summed E-state index contributed by atoms with van der Waals surface area (Å²) in [6, 6.07) is 0.334. The lowest BCUT2D eigenvalue weighted by Gasteiger charge is -2.20. The molecule has 0 saturated carbocycles. The van der Waals surface area contributed by atoms with E-state index in [0.29, 0.717) is 12.5 Å². The highest BCUT2D eigenvalue weighted by atomic mass is 16.5. The van der Waals surface area contributed by atoms with Gasteiger partial charge in [0.1, 0.15) is 0 Å². The molecular weight excluding hydrogens is 324 g/mol. The minimum Gasteiger partial charge on any atom is -0.471 e. The van der Waals surface area contributed by atoms with Gasteiger partial charge in [0.25, 0.3) is 6.47 Å². The van der Waals surface area contributed by atoms with Gasteiger partial charge in [0.15, 0.2) is 0 Å². The second-order valence-electron chi connectivity index (χ2n) is 5.61. The fourth-order valence-electron chi connectivity index (χ4n) is 1.68. The molecule has 1 rings (SSSR count). The van der Waals surface area contributed by atoms with E-state index in [1.165, 1.54) is 7.11 Å². The Labute approximate surface area is 153 Å². The molecule has 1 atom stereocenters. The molecule has 1 aliphatic rings. The van der Waals surface area contributed by atoms with Gasteiger partial charge in [-0.2, -0.15) is 0 Å². The van der Waals surface area contributed by atoms with E-state index in [9.17, 15) is 9.59 Å². The number of aliphatic hydroxyl groups excluding tert-OH is 1. The molecule has 0 radical (unpaired) electrons. The normalized spacial score (nSPS) is 14.2. The van der Waals surface area contributed by atoms with Crippen LogP contribution in [0.15, 0.2) is 0 Å². The van der Waals surface area contributed by atoms with E-state index < -0.39 is 5.91 Å². The first-order valence-corrected chi connectivity index (χ1v) is 8.75. The molecule has 7 heteroatoms. The number of ether oxygens (including phenoxy) is 1. The SMILES string of the molecule is CC.CC(C)C.CO.COC=O.C[C@@H]1CCCN1C(=O)CCC(N)=O. The molecule has 1 fully saturated rings. The van der Waals surface area contributed by atoms with Gasteiger partial charge in [-0.15, -0.1) is 0 Å². The fourth-order valence-corrected chi connectivity index (χ4v) is 1.68. The topological polar surface area (TPSA) is 110 Å². The first-order valence-electron chi connectivity index (χ1n) is 8.75. The highest BCUT2D eigenvalue weighted by Crippen LogP contribution is 2.17. The van der Waals surface area contributed by atoms with Gasteiger partial charge in [-0.3, -0.25) is 14.4 Å². The number of carbonyl (C=O) groups is 3. The Kier molecular flexibility index (Phi) is 30.7. The number of hydrogen-bond donors (Lipinski definition) is 2. The average molecular weight is 365 g/mol. The van der Waals surface area contributed by atoms with Gasteiger partial charge >= 0.3 is 0 Å². The van der Waals surface area contributed by atoms with E-state index in [1.807, 2.05) is 25.7 Å². The van der Waals surface area contributed by atoms with Crippen molar-refractivity contribution in [1.29, 1.82) is 0 Å². The Hall–Kier alpha value is -1.63. The van der Waals surface area contributed by atoms with Crippen molar-refractivity contribution < 1.29 is 24.2 Å². The number of amides is 2. The van der Waals surface area contributed by atoms with Crippen LogP contribution in [-0.2, 0) is 19.1 Å². The van der Waals surface area contributed by atoms with Crippen molar-refractivity contribution in [2.75, 3.05) is 20.8 Å². The van der Waals surface area contributed by atoms with E-state index in [0.717, 1.165) is 32.4 Å². The zero-order chi connectivity index (χ0) is 20.8. The van der Waals surface area contributed by atoms with Gasteiger partial charge in [0.2, 0.25) is 11.8 Å². The summed E-state index contributed by atoms with van der Waals surface area (Å²) in [5.74, 6) is 0.490. The van der Waals surface area contributed by atoms with E-state index in [-0.39, 0.29) is 18.7 Å². The van der Waals surface area contributed by atoms with Gasteiger partial charge in [0.05, 0.1) is 7.11 Å². The van der Waals surface area contributed by atoms with Gasteiger partial charge in [-0.25, -0.2) is 0 Å². The molecule has 3 N–H and O–H groups in total. The summed E-state index contributed by atoms with van der Waals surface area (Å²) < 4.78 is 3.86. The molecule has 0 aromatic carbocycles.